The van der Waals surface area contributed by atoms with Gasteiger partial charge in [0.1, 0.15) is 11.2 Å². The van der Waals surface area contributed by atoms with Gasteiger partial charge in [-0.25, -0.2) is 0 Å². The molecule has 0 N–H and O–H groups in total. The fourth-order valence-corrected chi connectivity index (χ4v) is 6.83. The molecule has 0 unspecified atom stereocenters. The Morgan fingerprint density at radius 3 is 1.84 bits per heavy atom. The van der Waals surface area contributed by atoms with Gasteiger partial charge in [-0.15, -0.1) is 0 Å². The standard InChI is InChI=1S/C42H27NO/c1-2-11-28(12-3-1)29-23-25-32(26-24-29)43(37-18-10-20-40-42(37)36-17-8-9-19-39(36)44-40)38-27-31-22-21-30-13-4-5-14-33(30)41(31)35-16-7-6-15-34(35)38/h1-27H. The fourth-order valence-electron chi connectivity index (χ4n) is 6.83. The Balaban J connectivity index is 1.37. The van der Waals surface area contributed by atoms with Crippen LogP contribution in [0.15, 0.2) is 168 Å². The zero-order chi connectivity index (χ0) is 29.0. The normalized spacial score (nSPS) is 11.6. The summed E-state index contributed by atoms with van der Waals surface area (Å²) in [7, 11) is 0. The largest absolute Gasteiger partial charge is 0.456 e. The number of rotatable bonds is 4. The van der Waals surface area contributed by atoms with Crippen molar-refractivity contribution in [3.63, 3.8) is 0 Å². The number of furan rings is 1. The van der Waals surface area contributed by atoms with E-state index >= 15 is 0 Å². The molecular formula is C42H27NO. The van der Waals surface area contributed by atoms with Crippen molar-refractivity contribution in [1.82, 2.24) is 0 Å². The van der Waals surface area contributed by atoms with Gasteiger partial charge in [0.05, 0.1) is 16.8 Å². The average molecular weight is 562 g/mol. The third-order valence-electron chi connectivity index (χ3n) is 8.82. The van der Waals surface area contributed by atoms with E-state index in [1.54, 1.807) is 0 Å². The molecule has 0 atom stereocenters. The van der Waals surface area contributed by atoms with Crippen LogP contribution in [-0.2, 0) is 0 Å². The average Bonchev–Trinajstić information content (AvgIpc) is 3.48. The van der Waals surface area contributed by atoms with E-state index in [9.17, 15) is 0 Å². The molecule has 0 radical (unpaired) electrons. The lowest BCUT2D eigenvalue weighted by Crippen LogP contribution is -2.11. The highest BCUT2D eigenvalue weighted by Gasteiger charge is 2.22. The summed E-state index contributed by atoms with van der Waals surface area (Å²) in [5.74, 6) is 0. The molecule has 8 aromatic carbocycles. The van der Waals surface area contributed by atoms with Crippen molar-refractivity contribution in [3.8, 4) is 11.1 Å². The van der Waals surface area contributed by atoms with Gasteiger partial charge in [-0.3, -0.25) is 0 Å². The molecule has 0 aliphatic rings. The number of fused-ring (bicyclic) bond motifs is 8. The lowest BCUT2D eigenvalue weighted by molar-refractivity contribution is 0.669. The predicted octanol–water partition coefficient (Wildman–Crippen LogP) is 12.2. The Bertz CT molecular complexity index is 2490. The molecule has 0 saturated heterocycles. The van der Waals surface area contributed by atoms with Crippen molar-refractivity contribution < 1.29 is 4.42 Å². The second-order valence-corrected chi connectivity index (χ2v) is 11.3. The molecule has 0 fully saturated rings. The summed E-state index contributed by atoms with van der Waals surface area (Å²) < 4.78 is 6.37. The van der Waals surface area contributed by atoms with E-state index in [-0.39, 0.29) is 0 Å². The minimum absolute atomic E-state index is 0.880. The molecule has 2 heteroatoms. The topological polar surface area (TPSA) is 16.4 Å². The highest BCUT2D eigenvalue weighted by atomic mass is 16.3. The van der Waals surface area contributed by atoms with Crippen LogP contribution in [0.3, 0.4) is 0 Å². The van der Waals surface area contributed by atoms with Crippen LogP contribution in [0, 0.1) is 0 Å². The Labute approximate surface area is 255 Å². The molecule has 0 aliphatic heterocycles. The fraction of sp³-hybridized carbons (Fsp3) is 0. The van der Waals surface area contributed by atoms with Gasteiger partial charge >= 0.3 is 0 Å². The van der Waals surface area contributed by atoms with Crippen molar-refractivity contribution in [1.29, 1.82) is 0 Å². The van der Waals surface area contributed by atoms with Crippen molar-refractivity contribution in [2.24, 2.45) is 0 Å². The zero-order valence-electron chi connectivity index (χ0n) is 23.9. The molecule has 0 saturated carbocycles. The van der Waals surface area contributed by atoms with Gasteiger partial charge in [0, 0.05) is 16.5 Å². The first-order chi connectivity index (χ1) is 21.8. The second-order valence-electron chi connectivity index (χ2n) is 11.3. The summed E-state index contributed by atoms with van der Waals surface area (Å²) in [6.07, 6.45) is 0. The van der Waals surface area contributed by atoms with Crippen LogP contribution in [0.5, 0.6) is 0 Å². The van der Waals surface area contributed by atoms with Gasteiger partial charge in [-0.1, -0.05) is 127 Å². The van der Waals surface area contributed by atoms with Crippen LogP contribution in [0.1, 0.15) is 0 Å². The van der Waals surface area contributed by atoms with E-state index in [1.807, 2.05) is 6.07 Å². The number of benzene rings is 8. The molecule has 1 aromatic heterocycles. The number of nitrogens with zero attached hydrogens (tertiary/aromatic N) is 1. The minimum Gasteiger partial charge on any atom is -0.456 e. The van der Waals surface area contributed by atoms with Crippen LogP contribution in [0.2, 0.25) is 0 Å². The Morgan fingerprint density at radius 1 is 0.364 bits per heavy atom. The molecule has 206 valence electrons. The molecule has 9 rings (SSSR count). The smallest absolute Gasteiger partial charge is 0.137 e. The first kappa shape index (κ1) is 24.7. The van der Waals surface area contributed by atoms with Gasteiger partial charge in [0.25, 0.3) is 0 Å². The van der Waals surface area contributed by atoms with Crippen molar-refractivity contribution in [2.75, 3.05) is 4.90 Å². The third-order valence-corrected chi connectivity index (χ3v) is 8.82. The summed E-state index contributed by atoms with van der Waals surface area (Å²) in [4.78, 5) is 2.41. The van der Waals surface area contributed by atoms with Gasteiger partial charge in [0.2, 0.25) is 0 Å². The second kappa shape index (κ2) is 9.86. The first-order valence-corrected chi connectivity index (χ1v) is 15.0. The quantitative estimate of drug-likeness (QED) is 0.199. The van der Waals surface area contributed by atoms with Gasteiger partial charge in [-0.2, -0.15) is 0 Å². The lowest BCUT2D eigenvalue weighted by atomic mass is 9.94. The van der Waals surface area contributed by atoms with E-state index < -0.39 is 0 Å². The van der Waals surface area contributed by atoms with Crippen LogP contribution >= 0.6 is 0 Å². The molecule has 2 nitrogen and oxygen atoms in total. The lowest BCUT2D eigenvalue weighted by Gasteiger charge is -2.28. The summed E-state index contributed by atoms with van der Waals surface area (Å²) in [5.41, 5.74) is 7.48. The maximum Gasteiger partial charge on any atom is 0.137 e. The van der Waals surface area contributed by atoms with Gasteiger partial charge in [-0.05, 0) is 74.5 Å². The minimum atomic E-state index is 0.880. The molecule has 0 bridgehead atoms. The molecule has 0 spiro atoms. The monoisotopic (exact) mass is 561 g/mol. The number of anilines is 3. The van der Waals surface area contributed by atoms with E-state index in [0.29, 0.717) is 0 Å². The first-order valence-electron chi connectivity index (χ1n) is 15.0. The highest BCUT2D eigenvalue weighted by molar-refractivity contribution is 6.24. The molecule has 0 amide bonds. The van der Waals surface area contributed by atoms with E-state index in [1.165, 1.54) is 43.4 Å². The van der Waals surface area contributed by atoms with E-state index in [4.69, 9.17) is 4.42 Å². The number of hydrogen-bond donors (Lipinski definition) is 0. The maximum atomic E-state index is 6.37. The van der Waals surface area contributed by atoms with Crippen LogP contribution in [0.4, 0.5) is 17.1 Å². The van der Waals surface area contributed by atoms with Crippen LogP contribution < -0.4 is 4.90 Å². The maximum absolute atomic E-state index is 6.37. The van der Waals surface area contributed by atoms with E-state index in [2.05, 4.69) is 163 Å². The number of para-hydroxylation sites is 1. The summed E-state index contributed by atoms with van der Waals surface area (Å²) in [5, 5.41) is 9.69. The van der Waals surface area contributed by atoms with Crippen molar-refractivity contribution in [2.45, 2.75) is 0 Å². The Morgan fingerprint density at radius 2 is 1.00 bits per heavy atom. The van der Waals surface area contributed by atoms with Crippen LogP contribution in [0.25, 0.3) is 65.4 Å². The molecule has 1 heterocycles. The number of hydrogen-bond acceptors (Lipinski definition) is 2. The van der Waals surface area contributed by atoms with Crippen molar-refractivity contribution in [3.05, 3.63) is 164 Å². The van der Waals surface area contributed by atoms with Gasteiger partial charge < -0.3 is 9.32 Å². The Hall–Kier alpha value is -5.86. The molecule has 9 aromatic rings. The molecular weight excluding hydrogens is 534 g/mol. The molecule has 44 heavy (non-hydrogen) atoms. The zero-order valence-corrected chi connectivity index (χ0v) is 23.9. The van der Waals surface area contributed by atoms with Crippen LogP contribution in [-0.4, -0.2) is 0 Å². The predicted molar refractivity (Wildman–Crippen MR) is 186 cm³/mol. The van der Waals surface area contributed by atoms with Crippen molar-refractivity contribution >= 4 is 71.3 Å². The van der Waals surface area contributed by atoms with E-state index in [0.717, 1.165) is 39.0 Å². The van der Waals surface area contributed by atoms with Gasteiger partial charge in [0.15, 0.2) is 0 Å². The third kappa shape index (κ3) is 3.82. The SMILES string of the molecule is c1ccc(-c2ccc(N(c3cc4ccc5ccccc5c4c4ccccc34)c3cccc4oc5ccccc5c34)cc2)cc1. The Kier molecular flexibility index (Phi) is 5.54. The summed E-state index contributed by atoms with van der Waals surface area (Å²) >= 11 is 0. The molecule has 0 aliphatic carbocycles. The highest BCUT2D eigenvalue weighted by Crippen LogP contribution is 2.47. The summed E-state index contributed by atoms with van der Waals surface area (Å²) in [6, 6.07) is 58.5. The summed E-state index contributed by atoms with van der Waals surface area (Å²) in [6.45, 7) is 0.